The van der Waals surface area contributed by atoms with E-state index in [9.17, 15) is 0 Å². The van der Waals surface area contributed by atoms with Crippen LogP contribution >= 0.6 is 22.9 Å². The largest absolute Gasteiger partial charge is 0.340 e. The molecule has 21 heavy (non-hydrogen) atoms. The molecule has 2 heterocycles. The SMILES string of the molecule is CCc1nc(Nc2cccc(Cl)c2)c2c(C)c(C)sc2n1. The number of aryl methyl sites for hydroxylation is 3. The zero-order valence-corrected chi connectivity index (χ0v) is 13.8. The maximum Gasteiger partial charge on any atom is 0.143 e. The molecule has 3 nitrogen and oxygen atoms in total. The van der Waals surface area contributed by atoms with Gasteiger partial charge >= 0.3 is 0 Å². The summed E-state index contributed by atoms with van der Waals surface area (Å²) in [4.78, 5) is 11.6. The molecule has 0 saturated heterocycles. The van der Waals surface area contributed by atoms with Crippen LogP contribution in [0.15, 0.2) is 24.3 Å². The fourth-order valence-corrected chi connectivity index (χ4v) is 3.48. The Morgan fingerprint density at radius 2 is 2.05 bits per heavy atom. The van der Waals surface area contributed by atoms with E-state index in [1.165, 1.54) is 10.4 Å². The lowest BCUT2D eigenvalue weighted by molar-refractivity contribution is 0.967. The molecule has 0 atom stereocenters. The third-order valence-electron chi connectivity index (χ3n) is 3.48. The third kappa shape index (κ3) is 2.74. The first-order valence-electron chi connectivity index (χ1n) is 6.87. The average molecular weight is 318 g/mol. The summed E-state index contributed by atoms with van der Waals surface area (Å²) < 4.78 is 0. The number of hydrogen-bond acceptors (Lipinski definition) is 4. The lowest BCUT2D eigenvalue weighted by Gasteiger charge is -2.09. The van der Waals surface area contributed by atoms with Crippen LogP contribution in [0.3, 0.4) is 0 Å². The fourth-order valence-electron chi connectivity index (χ4n) is 2.25. The van der Waals surface area contributed by atoms with Crippen molar-refractivity contribution in [3.05, 3.63) is 45.6 Å². The van der Waals surface area contributed by atoms with Crippen LogP contribution in [-0.2, 0) is 6.42 Å². The van der Waals surface area contributed by atoms with Gasteiger partial charge in [0.1, 0.15) is 16.5 Å². The highest BCUT2D eigenvalue weighted by Crippen LogP contribution is 2.34. The number of hydrogen-bond donors (Lipinski definition) is 1. The number of aromatic nitrogens is 2. The third-order valence-corrected chi connectivity index (χ3v) is 4.81. The van der Waals surface area contributed by atoms with Crippen molar-refractivity contribution in [1.82, 2.24) is 9.97 Å². The molecule has 108 valence electrons. The molecule has 0 aliphatic heterocycles. The zero-order valence-electron chi connectivity index (χ0n) is 12.2. The molecule has 0 aliphatic rings. The highest BCUT2D eigenvalue weighted by molar-refractivity contribution is 7.18. The Labute approximate surface area is 133 Å². The normalized spacial score (nSPS) is 11.0. The molecule has 0 spiro atoms. The Morgan fingerprint density at radius 3 is 2.76 bits per heavy atom. The van der Waals surface area contributed by atoms with Gasteiger partial charge in [-0.1, -0.05) is 24.6 Å². The van der Waals surface area contributed by atoms with E-state index >= 15 is 0 Å². The van der Waals surface area contributed by atoms with Gasteiger partial charge in [0.25, 0.3) is 0 Å². The van der Waals surface area contributed by atoms with Crippen molar-refractivity contribution >= 4 is 44.7 Å². The van der Waals surface area contributed by atoms with Gasteiger partial charge in [0.15, 0.2) is 0 Å². The second kappa shape index (κ2) is 5.62. The molecule has 0 fully saturated rings. The monoisotopic (exact) mass is 317 g/mol. The van der Waals surface area contributed by atoms with Gasteiger partial charge in [-0.15, -0.1) is 11.3 Å². The van der Waals surface area contributed by atoms with Crippen molar-refractivity contribution in [3.63, 3.8) is 0 Å². The Kier molecular flexibility index (Phi) is 3.83. The number of nitrogens with zero attached hydrogens (tertiary/aromatic N) is 2. The number of benzene rings is 1. The lowest BCUT2D eigenvalue weighted by Crippen LogP contribution is -2.00. The van der Waals surface area contributed by atoms with Crippen LogP contribution in [0, 0.1) is 13.8 Å². The summed E-state index contributed by atoms with van der Waals surface area (Å²) in [6, 6.07) is 7.67. The summed E-state index contributed by atoms with van der Waals surface area (Å²) >= 11 is 7.77. The second-order valence-corrected chi connectivity index (χ2v) is 6.58. The first-order chi connectivity index (χ1) is 10.1. The van der Waals surface area contributed by atoms with Crippen LogP contribution in [0.4, 0.5) is 11.5 Å². The van der Waals surface area contributed by atoms with Crippen molar-refractivity contribution in [1.29, 1.82) is 0 Å². The van der Waals surface area contributed by atoms with Crippen LogP contribution in [0.2, 0.25) is 5.02 Å². The number of nitrogens with one attached hydrogen (secondary N) is 1. The van der Waals surface area contributed by atoms with E-state index in [1.54, 1.807) is 11.3 Å². The molecule has 3 rings (SSSR count). The van der Waals surface area contributed by atoms with Crippen LogP contribution in [0.1, 0.15) is 23.2 Å². The number of halogens is 1. The Hall–Kier alpha value is -1.65. The van der Waals surface area contributed by atoms with Gasteiger partial charge in [0.2, 0.25) is 0 Å². The zero-order chi connectivity index (χ0) is 15.0. The molecule has 0 unspecified atom stereocenters. The van der Waals surface area contributed by atoms with Gasteiger partial charge in [0, 0.05) is 22.0 Å². The predicted octanol–water partition coefficient (Wildman–Crippen LogP) is 5.27. The highest BCUT2D eigenvalue weighted by atomic mass is 35.5. The molecule has 5 heteroatoms. The van der Waals surface area contributed by atoms with Crippen molar-refractivity contribution in [2.24, 2.45) is 0 Å². The smallest absolute Gasteiger partial charge is 0.143 e. The summed E-state index contributed by atoms with van der Waals surface area (Å²) in [6.07, 6.45) is 0.816. The molecule has 1 N–H and O–H groups in total. The fraction of sp³-hybridized carbons (Fsp3) is 0.250. The van der Waals surface area contributed by atoms with E-state index in [0.717, 1.165) is 34.0 Å². The Balaban J connectivity index is 2.15. The van der Waals surface area contributed by atoms with E-state index in [-0.39, 0.29) is 0 Å². The highest BCUT2D eigenvalue weighted by Gasteiger charge is 2.14. The predicted molar refractivity (Wildman–Crippen MR) is 91.0 cm³/mol. The molecule has 0 radical (unpaired) electrons. The summed E-state index contributed by atoms with van der Waals surface area (Å²) in [5.41, 5.74) is 2.18. The van der Waals surface area contributed by atoms with Crippen LogP contribution in [0.5, 0.6) is 0 Å². The molecule has 0 saturated carbocycles. The number of fused-ring (bicyclic) bond motifs is 1. The standard InChI is InChI=1S/C16H16ClN3S/c1-4-13-19-15(18-12-7-5-6-11(17)8-12)14-9(2)10(3)21-16(14)20-13/h5-8H,4H2,1-3H3,(H,18,19,20). The first kappa shape index (κ1) is 14.3. The topological polar surface area (TPSA) is 37.8 Å². The molecule has 0 bridgehead atoms. The van der Waals surface area contributed by atoms with E-state index < -0.39 is 0 Å². The number of anilines is 2. The summed E-state index contributed by atoms with van der Waals surface area (Å²) in [6.45, 7) is 6.31. The summed E-state index contributed by atoms with van der Waals surface area (Å²) in [5, 5.41) is 5.20. The van der Waals surface area contributed by atoms with Gasteiger partial charge in [-0.3, -0.25) is 0 Å². The maximum atomic E-state index is 6.05. The van der Waals surface area contributed by atoms with Gasteiger partial charge in [-0.05, 0) is 37.6 Å². The molecule has 2 aromatic heterocycles. The molecule has 0 amide bonds. The van der Waals surface area contributed by atoms with Crippen molar-refractivity contribution in [2.45, 2.75) is 27.2 Å². The lowest BCUT2D eigenvalue weighted by atomic mass is 10.2. The molecular weight excluding hydrogens is 302 g/mol. The number of rotatable bonds is 3. The molecular formula is C16H16ClN3S. The minimum Gasteiger partial charge on any atom is -0.340 e. The summed E-state index contributed by atoms with van der Waals surface area (Å²) in [7, 11) is 0. The molecule has 3 aromatic rings. The van der Waals surface area contributed by atoms with E-state index in [1.807, 2.05) is 24.3 Å². The quantitative estimate of drug-likeness (QED) is 0.715. The maximum absolute atomic E-state index is 6.05. The minimum atomic E-state index is 0.708. The Morgan fingerprint density at radius 1 is 1.24 bits per heavy atom. The van der Waals surface area contributed by atoms with Gasteiger partial charge < -0.3 is 5.32 Å². The summed E-state index contributed by atoms with van der Waals surface area (Å²) in [5.74, 6) is 1.72. The van der Waals surface area contributed by atoms with Crippen LogP contribution in [0.25, 0.3) is 10.2 Å². The van der Waals surface area contributed by atoms with Crippen molar-refractivity contribution in [3.8, 4) is 0 Å². The van der Waals surface area contributed by atoms with Gasteiger partial charge in [-0.2, -0.15) is 0 Å². The minimum absolute atomic E-state index is 0.708. The second-order valence-electron chi connectivity index (χ2n) is 4.94. The van der Waals surface area contributed by atoms with E-state index in [0.29, 0.717) is 5.02 Å². The van der Waals surface area contributed by atoms with Crippen molar-refractivity contribution < 1.29 is 0 Å². The van der Waals surface area contributed by atoms with E-state index in [2.05, 4.69) is 36.1 Å². The Bertz CT molecular complexity index is 811. The first-order valence-corrected chi connectivity index (χ1v) is 8.07. The average Bonchev–Trinajstić information content (AvgIpc) is 2.74. The van der Waals surface area contributed by atoms with Gasteiger partial charge in [-0.25, -0.2) is 9.97 Å². The van der Waals surface area contributed by atoms with E-state index in [4.69, 9.17) is 11.6 Å². The van der Waals surface area contributed by atoms with Crippen LogP contribution in [-0.4, -0.2) is 9.97 Å². The molecule has 0 aliphatic carbocycles. The molecule has 1 aromatic carbocycles. The number of thiophene rings is 1. The van der Waals surface area contributed by atoms with Crippen LogP contribution < -0.4 is 5.32 Å². The van der Waals surface area contributed by atoms with Gasteiger partial charge in [0.05, 0.1) is 5.39 Å². The van der Waals surface area contributed by atoms with Crippen molar-refractivity contribution in [2.75, 3.05) is 5.32 Å².